The average molecular weight is 354 g/mol. The van der Waals surface area contributed by atoms with Crippen LogP contribution in [-0.2, 0) is 4.74 Å². The molecule has 4 rings (SSSR count). The Morgan fingerprint density at radius 3 is 2.84 bits per heavy atom. The summed E-state index contributed by atoms with van der Waals surface area (Å²) in [5, 5.41) is 6.14. The molecule has 0 aliphatic carbocycles. The van der Waals surface area contributed by atoms with Crippen molar-refractivity contribution >= 4 is 33.5 Å². The molecule has 0 saturated carbocycles. The zero-order chi connectivity index (χ0) is 17.2. The van der Waals surface area contributed by atoms with Crippen LogP contribution >= 0.6 is 11.3 Å². The van der Waals surface area contributed by atoms with Crippen LogP contribution in [0, 0.1) is 6.92 Å². The lowest BCUT2D eigenvalue weighted by Gasteiger charge is -2.27. The largest absolute Gasteiger partial charge is 0.378 e. The number of para-hydroxylation sites is 1. The summed E-state index contributed by atoms with van der Waals surface area (Å²) in [4.78, 5) is 20.4. The van der Waals surface area contributed by atoms with Crippen LogP contribution in [0.2, 0.25) is 0 Å². The highest BCUT2D eigenvalue weighted by molar-refractivity contribution is 7.17. The van der Waals surface area contributed by atoms with E-state index in [1.54, 1.807) is 30.5 Å². The van der Waals surface area contributed by atoms with Gasteiger partial charge in [-0.15, -0.1) is 11.3 Å². The summed E-state index contributed by atoms with van der Waals surface area (Å²) < 4.78 is 6.74. The topological polar surface area (TPSA) is 59.7 Å². The summed E-state index contributed by atoms with van der Waals surface area (Å²) in [5.41, 5.74) is 0.548. The van der Waals surface area contributed by atoms with E-state index in [1.807, 2.05) is 24.3 Å². The van der Waals surface area contributed by atoms with Crippen LogP contribution in [0.5, 0.6) is 0 Å². The summed E-state index contributed by atoms with van der Waals surface area (Å²) in [7, 11) is 0. The Bertz CT molecular complexity index is 986. The smallest absolute Gasteiger partial charge is 0.282 e. The molecule has 0 N–H and O–H groups in total. The number of ether oxygens (including phenoxy) is 1. The standard InChI is InChI=1S/C18H18N4O2S/c1-13-20-16-5-3-2-4-15(16)18(23)22(13)19-12-14-6-7-17(25-14)21-8-10-24-11-9-21/h2-7,12H,8-11H2,1H3/b19-12+. The van der Waals surface area contributed by atoms with E-state index in [2.05, 4.69) is 21.1 Å². The second kappa shape index (κ2) is 6.78. The van der Waals surface area contributed by atoms with Gasteiger partial charge in [0, 0.05) is 18.0 Å². The maximum Gasteiger partial charge on any atom is 0.282 e. The fourth-order valence-electron chi connectivity index (χ4n) is 2.85. The molecule has 0 radical (unpaired) electrons. The van der Waals surface area contributed by atoms with Gasteiger partial charge in [0.1, 0.15) is 5.82 Å². The molecule has 0 unspecified atom stereocenters. The molecule has 7 heteroatoms. The first-order chi connectivity index (χ1) is 12.2. The molecular formula is C18H18N4O2S. The average Bonchev–Trinajstić information content (AvgIpc) is 3.11. The van der Waals surface area contributed by atoms with E-state index < -0.39 is 0 Å². The fraction of sp³-hybridized carbons (Fsp3) is 0.278. The minimum atomic E-state index is -0.149. The highest BCUT2D eigenvalue weighted by Gasteiger charge is 2.13. The van der Waals surface area contributed by atoms with Crippen LogP contribution < -0.4 is 10.5 Å². The summed E-state index contributed by atoms with van der Waals surface area (Å²) in [6, 6.07) is 11.4. The van der Waals surface area contributed by atoms with Crippen molar-refractivity contribution in [3.63, 3.8) is 0 Å². The van der Waals surface area contributed by atoms with E-state index in [0.717, 1.165) is 31.2 Å². The van der Waals surface area contributed by atoms with E-state index in [9.17, 15) is 4.79 Å². The van der Waals surface area contributed by atoms with Crippen LogP contribution in [0.25, 0.3) is 10.9 Å². The first-order valence-electron chi connectivity index (χ1n) is 8.18. The molecule has 0 atom stereocenters. The predicted octanol–water partition coefficient (Wildman–Crippen LogP) is 2.49. The van der Waals surface area contributed by atoms with Gasteiger partial charge in [0.05, 0.1) is 35.3 Å². The zero-order valence-electron chi connectivity index (χ0n) is 13.9. The number of aryl methyl sites for hydroxylation is 1. The van der Waals surface area contributed by atoms with Crippen molar-refractivity contribution in [3.05, 3.63) is 57.5 Å². The van der Waals surface area contributed by atoms with Crippen molar-refractivity contribution in [2.75, 3.05) is 31.2 Å². The molecule has 6 nitrogen and oxygen atoms in total. The Balaban J connectivity index is 1.63. The van der Waals surface area contributed by atoms with Crippen LogP contribution in [0.1, 0.15) is 10.7 Å². The van der Waals surface area contributed by atoms with Crippen molar-refractivity contribution in [2.24, 2.45) is 5.10 Å². The van der Waals surface area contributed by atoms with E-state index in [-0.39, 0.29) is 5.56 Å². The van der Waals surface area contributed by atoms with Gasteiger partial charge < -0.3 is 9.64 Å². The Labute approximate surface area is 149 Å². The van der Waals surface area contributed by atoms with Gasteiger partial charge in [0.2, 0.25) is 0 Å². The minimum absolute atomic E-state index is 0.149. The molecular weight excluding hydrogens is 336 g/mol. The van der Waals surface area contributed by atoms with E-state index in [1.165, 1.54) is 9.68 Å². The quantitative estimate of drug-likeness (QED) is 0.678. The highest BCUT2D eigenvalue weighted by atomic mass is 32.1. The molecule has 3 aromatic rings. The summed E-state index contributed by atoms with van der Waals surface area (Å²) >= 11 is 1.66. The second-order valence-corrected chi connectivity index (χ2v) is 6.91. The lowest BCUT2D eigenvalue weighted by Crippen LogP contribution is -2.35. The molecule has 25 heavy (non-hydrogen) atoms. The summed E-state index contributed by atoms with van der Waals surface area (Å²) in [6.45, 7) is 5.13. The minimum Gasteiger partial charge on any atom is -0.378 e. The molecule has 1 fully saturated rings. The number of nitrogens with zero attached hydrogens (tertiary/aromatic N) is 4. The first kappa shape index (κ1) is 16.0. The van der Waals surface area contributed by atoms with Crippen molar-refractivity contribution in [3.8, 4) is 0 Å². The Kier molecular flexibility index (Phi) is 4.33. The van der Waals surface area contributed by atoms with Crippen molar-refractivity contribution in [2.45, 2.75) is 6.92 Å². The van der Waals surface area contributed by atoms with Crippen LogP contribution in [0.3, 0.4) is 0 Å². The number of thiophene rings is 1. The van der Waals surface area contributed by atoms with Gasteiger partial charge in [-0.25, -0.2) is 4.98 Å². The van der Waals surface area contributed by atoms with Gasteiger partial charge >= 0.3 is 0 Å². The number of morpholine rings is 1. The van der Waals surface area contributed by atoms with Crippen molar-refractivity contribution in [1.29, 1.82) is 0 Å². The van der Waals surface area contributed by atoms with Gasteiger partial charge in [-0.2, -0.15) is 9.78 Å². The molecule has 128 valence electrons. The number of aromatic nitrogens is 2. The maximum absolute atomic E-state index is 12.6. The molecule has 1 saturated heterocycles. The monoisotopic (exact) mass is 354 g/mol. The molecule has 1 aromatic carbocycles. The number of anilines is 1. The number of benzene rings is 1. The van der Waals surface area contributed by atoms with Gasteiger partial charge in [-0.1, -0.05) is 12.1 Å². The van der Waals surface area contributed by atoms with Crippen LogP contribution in [-0.4, -0.2) is 42.2 Å². The Morgan fingerprint density at radius 2 is 2.00 bits per heavy atom. The molecule has 1 aliphatic heterocycles. The predicted molar refractivity (Wildman–Crippen MR) is 101 cm³/mol. The third-order valence-corrected chi connectivity index (χ3v) is 5.23. The molecule has 0 amide bonds. The van der Waals surface area contributed by atoms with E-state index in [0.29, 0.717) is 16.7 Å². The molecule has 0 spiro atoms. The Morgan fingerprint density at radius 1 is 1.20 bits per heavy atom. The van der Waals surface area contributed by atoms with Crippen LogP contribution in [0.4, 0.5) is 5.00 Å². The first-order valence-corrected chi connectivity index (χ1v) is 8.99. The van der Waals surface area contributed by atoms with Gasteiger partial charge in [-0.05, 0) is 31.2 Å². The van der Waals surface area contributed by atoms with Crippen molar-refractivity contribution in [1.82, 2.24) is 9.66 Å². The number of hydrogen-bond acceptors (Lipinski definition) is 6. The van der Waals surface area contributed by atoms with Crippen LogP contribution in [0.15, 0.2) is 46.3 Å². The molecule has 1 aliphatic rings. The highest BCUT2D eigenvalue weighted by Crippen LogP contribution is 2.25. The number of rotatable bonds is 3. The summed E-state index contributed by atoms with van der Waals surface area (Å²) in [5.74, 6) is 0.574. The third-order valence-electron chi connectivity index (χ3n) is 4.15. The zero-order valence-corrected chi connectivity index (χ0v) is 14.7. The molecule has 3 heterocycles. The van der Waals surface area contributed by atoms with Gasteiger partial charge in [-0.3, -0.25) is 4.79 Å². The maximum atomic E-state index is 12.6. The van der Waals surface area contributed by atoms with E-state index in [4.69, 9.17) is 4.74 Å². The lowest BCUT2D eigenvalue weighted by atomic mass is 10.2. The lowest BCUT2D eigenvalue weighted by molar-refractivity contribution is 0.123. The third kappa shape index (κ3) is 3.20. The van der Waals surface area contributed by atoms with Gasteiger partial charge in [0.25, 0.3) is 5.56 Å². The molecule has 2 aromatic heterocycles. The van der Waals surface area contributed by atoms with Gasteiger partial charge in [0.15, 0.2) is 0 Å². The normalized spacial score (nSPS) is 15.3. The number of fused-ring (bicyclic) bond motifs is 1. The Hall–Kier alpha value is -2.51. The fourth-order valence-corrected chi connectivity index (χ4v) is 3.78. The van der Waals surface area contributed by atoms with E-state index >= 15 is 0 Å². The van der Waals surface area contributed by atoms with Crippen molar-refractivity contribution < 1.29 is 4.74 Å². The second-order valence-electron chi connectivity index (χ2n) is 5.81. The summed E-state index contributed by atoms with van der Waals surface area (Å²) in [6.07, 6.45) is 1.72. The SMILES string of the molecule is Cc1nc2ccccc2c(=O)n1/N=C/c1ccc(N2CCOCC2)s1. The number of hydrogen-bond donors (Lipinski definition) is 0. The molecule has 0 bridgehead atoms.